The summed E-state index contributed by atoms with van der Waals surface area (Å²) in [7, 11) is 0. The molecule has 0 aliphatic carbocycles. The summed E-state index contributed by atoms with van der Waals surface area (Å²) < 4.78 is 30.7. The number of furan rings is 1. The second kappa shape index (κ2) is 4.70. The number of hydrogen-bond donors (Lipinski definition) is 0. The fourth-order valence-corrected chi connectivity index (χ4v) is 3.12. The zero-order valence-electron chi connectivity index (χ0n) is 15.6. The van der Waals surface area contributed by atoms with Crippen molar-refractivity contribution in [2.24, 2.45) is 0 Å². The second-order valence-electron chi connectivity index (χ2n) is 5.61. The molecule has 2 aromatic heterocycles. The number of aryl methyl sites for hydroxylation is 3. The Kier molecular flexibility index (Phi) is 2.17. The molecule has 108 valence electrons. The van der Waals surface area contributed by atoms with E-state index in [-0.39, 0.29) is 0 Å². The third-order valence-electron chi connectivity index (χ3n) is 4.18. The van der Waals surface area contributed by atoms with Crippen LogP contribution in [-0.2, 0) is 0 Å². The molecule has 0 aliphatic heterocycles. The van der Waals surface area contributed by atoms with E-state index < -0.39 is 6.85 Å². The average Bonchev–Trinajstić information content (AvgIpc) is 2.94. The van der Waals surface area contributed by atoms with Crippen molar-refractivity contribution in [1.29, 1.82) is 0 Å². The van der Waals surface area contributed by atoms with Gasteiger partial charge in [-0.2, -0.15) is 4.57 Å². The molecule has 0 fully saturated rings. The topological polar surface area (TPSA) is 17.0 Å². The van der Waals surface area contributed by atoms with Gasteiger partial charge in [-0.05, 0) is 31.5 Å². The standard InChI is InChI=1S/C20H18NO/c1-13-10-11-21(14(2)12-13)17-8-9-19-20(15(17)3)16-6-4-5-7-18(16)22-19/h4-12H,1-3H3/q+1/i1D3. The Morgan fingerprint density at radius 1 is 1.00 bits per heavy atom. The molecule has 4 aromatic rings. The summed E-state index contributed by atoms with van der Waals surface area (Å²) >= 11 is 0. The number of nitrogens with zero attached hydrogens (tertiary/aromatic N) is 1. The minimum absolute atomic E-state index is 0.355. The summed E-state index contributed by atoms with van der Waals surface area (Å²) in [5, 5.41) is 2.19. The first-order valence-electron chi connectivity index (χ1n) is 8.80. The molecule has 2 nitrogen and oxygen atoms in total. The monoisotopic (exact) mass is 291 g/mol. The molecule has 0 atom stereocenters. The molecule has 2 heteroatoms. The van der Waals surface area contributed by atoms with Crippen LogP contribution >= 0.6 is 0 Å². The Hall–Kier alpha value is -2.61. The molecule has 2 heterocycles. The molecule has 4 rings (SSSR count). The van der Waals surface area contributed by atoms with Gasteiger partial charge in [0.2, 0.25) is 5.69 Å². The first-order chi connectivity index (χ1) is 11.9. The number of aromatic nitrogens is 1. The highest BCUT2D eigenvalue weighted by Gasteiger charge is 2.18. The predicted octanol–water partition coefficient (Wildman–Crippen LogP) is 4.79. The largest absolute Gasteiger partial charge is 0.456 e. The van der Waals surface area contributed by atoms with Gasteiger partial charge in [0.1, 0.15) is 11.2 Å². The summed E-state index contributed by atoms with van der Waals surface area (Å²) in [5.41, 5.74) is 5.10. The van der Waals surface area contributed by atoms with Crippen LogP contribution in [0.25, 0.3) is 27.6 Å². The first kappa shape index (κ1) is 10.2. The lowest BCUT2D eigenvalue weighted by Gasteiger charge is -2.05. The summed E-state index contributed by atoms with van der Waals surface area (Å²) in [6.07, 6.45) is 1.83. The van der Waals surface area contributed by atoms with Gasteiger partial charge in [0.25, 0.3) is 0 Å². The van der Waals surface area contributed by atoms with Crippen molar-refractivity contribution in [3.05, 3.63) is 71.5 Å². The van der Waals surface area contributed by atoms with Crippen molar-refractivity contribution in [3.8, 4) is 5.69 Å². The Labute approximate surface area is 133 Å². The van der Waals surface area contributed by atoms with E-state index in [4.69, 9.17) is 8.53 Å². The highest BCUT2D eigenvalue weighted by atomic mass is 16.3. The van der Waals surface area contributed by atoms with Gasteiger partial charge in [0.05, 0.1) is 0 Å². The Bertz CT molecular complexity index is 1110. The van der Waals surface area contributed by atoms with Crippen molar-refractivity contribution in [1.82, 2.24) is 0 Å². The van der Waals surface area contributed by atoms with Crippen LogP contribution in [0.15, 0.2) is 59.1 Å². The first-order valence-corrected chi connectivity index (χ1v) is 7.30. The van der Waals surface area contributed by atoms with Crippen LogP contribution in [0.1, 0.15) is 20.9 Å². The van der Waals surface area contributed by atoms with Crippen LogP contribution < -0.4 is 4.57 Å². The molecule has 0 spiro atoms. The van der Waals surface area contributed by atoms with Crippen molar-refractivity contribution in [3.63, 3.8) is 0 Å². The lowest BCUT2D eigenvalue weighted by Crippen LogP contribution is -2.34. The maximum absolute atomic E-state index is 7.58. The third kappa shape index (κ3) is 1.84. The summed E-state index contributed by atoms with van der Waals surface area (Å²) in [6, 6.07) is 15.4. The number of fused-ring (bicyclic) bond motifs is 3. The molecule has 0 bridgehead atoms. The molecular weight excluding hydrogens is 270 g/mol. The van der Waals surface area contributed by atoms with Gasteiger partial charge in [-0.15, -0.1) is 0 Å². The zero-order valence-corrected chi connectivity index (χ0v) is 12.6. The highest BCUT2D eigenvalue weighted by Crippen LogP contribution is 2.32. The fraction of sp³-hybridized carbons (Fsp3) is 0.150. The van der Waals surface area contributed by atoms with E-state index in [1.807, 2.05) is 48.0 Å². The molecule has 0 saturated heterocycles. The van der Waals surface area contributed by atoms with Gasteiger partial charge in [-0.25, -0.2) is 0 Å². The average molecular weight is 291 g/mol. The maximum Gasteiger partial charge on any atom is 0.214 e. The summed E-state index contributed by atoms with van der Waals surface area (Å²) in [5.74, 6) is 0. The Balaban J connectivity index is 1.96. The summed E-state index contributed by atoms with van der Waals surface area (Å²) in [4.78, 5) is 0. The minimum Gasteiger partial charge on any atom is -0.456 e. The molecule has 0 radical (unpaired) electrons. The number of hydrogen-bond acceptors (Lipinski definition) is 1. The third-order valence-corrected chi connectivity index (χ3v) is 4.18. The molecular formula is C20H18NO+. The summed E-state index contributed by atoms with van der Waals surface area (Å²) in [6.45, 7) is 1.90. The number of para-hydroxylation sites is 1. The van der Waals surface area contributed by atoms with E-state index >= 15 is 0 Å². The van der Waals surface area contributed by atoms with E-state index in [0.717, 1.165) is 38.9 Å². The van der Waals surface area contributed by atoms with Crippen LogP contribution in [-0.4, -0.2) is 0 Å². The molecule has 0 unspecified atom stereocenters. The molecule has 2 aromatic carbocycles. The Morgan fingerprint density at radius 3 is 2.68 bits per heavy atom. The van der Waals surface area contributed by atoms with Crippen molar-refractivity contribution >= 4 is 21.9 Å². The zero-order chi connectivity index (χ0) is 17.8. The van der Waals surface area contributed by atoms with Gasteiger partial charge < -0.3 is 4.42 Å². The Morgan fingerprint density at radius 2 is 1.86 bits per heavy atom. The van der Waals surface area contributed by atoms with Gasteiger partial charge in [-0.1, -0.05) is 18.2 Å². The molecule has 0 aliphatic rings. The maximum atomic E-state index is 7.58. The van der Waals surface area contributed by atoms with E-state index in [1.54, 1.807) is 12.1 Å². The van der Waals surface area contributed by atoms with E-state index in [1.165, 1.54) is 0 Å². The molecule has 22 heavy (non-hydrogen) atoms. The van der Waals surface area contributed by atoms with Gasteiger partial charge in [-0.3, -0.25) is 0 Å². The SMILES string of the molecule is [2H]C([2H])([2H])c1cc[n+](-c2ccc3oc4ccccc4c3c2C)c(C)c1. The molecule has 0 N–H and O–H groups in total. The van der Waals surface area contributed by atoms with Crippen LogP contribution in [0.2, 0.25) is 0 Å². The van der Waals surface area contributed by atoms with Crippen molar-refractivity contribution < 1.29 is 13.1 Å². The van der Waals surface area contributed by atoms with Crippen LogP contribution in [0.3, 0.4) is 0 Å². The van der Waals surface area contributed by atoms with E-state index in [2.05, 4.69) is 13.0 Å². The second-order valence-corrected chi connectivity index (χ2v) is 5.61. The smallest absolute Gasteiger partial charge is 0.214 e. The lowest BCUT2D eigenvalue weighted by atomic mass is 10.0. The molecule has 0 amide bonds. The van der Waals surface area contributed by atoms with Crippen molar-refractivity contribution in [2.75, 3.05) is 0 Å². The number of rotatable bonds is 1. The number of benzene rings is 2. The van der Waals surface area contributed by atoms with Gasteiger partial charge >= 0.3 is 0 Å². The lowest BCUT2D eigenvalue weighted by molar-refractivity contribution is -0.603. The van der Waals surface area contributed by atoms with Gasteiger partial charge in [0.15, 0.2) is 11.9 Å². The van der Waals surface area contributed by atoms with Crippen LogP contribution in [0.5, 0.6) is 0 Å². The van der Waals surface area contributed by atoms with Crippen molar-refractivity contribution in [2.45, 2.75) is 20.7 Å². The van der Waals surface area contributed by atoms with E-state index in [0.29, 0.717) is 5.56 Å². The van der Waals surface area contributed by atoms with Gasteiger partial charge in [0, 0.05) is 45.6 Å². The minimum atomic E-state index is -2.09. The fourth-order valence-electron chi connectivity index (χ4n) is 3.12. The quantitative estimate of drug-likeness (QED) is 0.461. The van der Waals surface area contributed by atoms with Crippen LogP contribution in [0.4, 0.5) is 0 Å². The highest BCUT2D eigenvalue weighted by molar-refractivity contribution is 6.07. The predicted molar refractivity (Wildman–Crippen MR) is 89.5 cm³/mol. The molecule has 0 saturated carbocycles. The van der Waals surface area contributed by atoms with E-state index in [9.17, 15) is 0 Å². The van der Waals surface area contributed by atoms with Crippen LogP contribution in [0, 0.1) is 20.7 Å². The number of pyridine rings is 1. The normalized spacial score (nSPS) is 14.0.